The highest BCUT2D eigenvalue weighted by Crippen LogP contribution is 2.19. The molecule has 0 aliphatic carbocycles. The van der Waals surface area contributed by atoms with E-state index in [0.717, 1.165) is 16.9 Å². The Morgan fingerprint density at radius 3 is 2.85 bits per heavy atom. The van der Waals surface area contributed by atoms with Gasteiger partial charge >= 0.3 is 6.55 Å². The fourth-order valence-corrected chi connectivity index (χ4v) is 2.45. The van der Waals surface area contributed by atoms with Crippen molar-refractivity contribution in [1.82, 2.24) is 20.1 Å². The lowest BCUT2D eigenvalue weighted by molar-refractivity contribution is 0.0560. The number of carbonyl (C=O) groups is 1. The second-order valence-electron chi connectivity index (χ2n) is 4.40. The van der Waals surface area contributed by atoms with Crippen LogP contribution < -0.4 is 5.32 Å². The number of hydrogen-bond donors (Lipinski definition) is 1. The third-order valence-corrected chi connectivity index (χ3v) is 3.86. The number of nitrogens with zero attached hydrogens (tertiary/aromatic N) is 3. The molecule has 0 aliphatic rings. The maximum Gasteiger partial charge on any atom is 0.333 e. The zero-order valence-electron chi connectivity index (χ0n) is 11.0. The summed E-state index contributed by atoms with van der Waals surface area (Å²) in [5.41, 5.74) is 0.923. The van der Waals surface area contributed by atoms with Gasteiger partial charge in [0.2, 0.25) is 0 Å². The molecule has 1 N–H and O–H groups in total. The van der Waals surface area contributed by atoms with E-state index in [4.69, 9.17) is 0 Å². The summed E-state index contributed by atoms with van der Waals surface area (Å²) < 4.78 is 25.1. The molecular formula is C12H14F2N4OS. The molecule has 8 heteroatoms. The Morgan fingerprint density at radius 2 is 2.30 bits per heavy atom. The largest absolute Gasteiger partial charge is 0.350 e. The zero-order valence-corrected chi connectivity index (χ0v) is 11.8. The van der Waals surface area contributed by atoms with Gasteiger partial charge in [-0.15, -0.1) is 11.3 Å². The minimum absolute atomic E-state index is 0.0205. The van der Waals surface area contributed by atoms with Crippen LogP contribution >= 0.6 is 11.3 Å². The van der Waals surface area contributed by atoms with E-state index in [1.807, 2.05) is 19.2 Å². The summed E-state index contributed by atoms with van der Waals surface area (Å²) >= 11 is 1.53. The molecule has 0 unspecified atom stereocenters. The van der Waals surface area contributed by atoms with Crippen molar-refractivity contribution in [2.24, 2.45) is 0 Å². The van der Waals surface area contributed by atoms with Crippen LogP contribution in [0.5, 0.6) is 0 Å². The van der Waals surface area contributed by atoms with Crippen LogP contribution in [-0.2, 0) is 0 Å². The number of nitrogens with one attached hydrogen (secondary N) is 1. The number of thiazole rings is 1. The number of rotatable bonds is 5. The number of carbonyl (C=O) groups excluding carboxylic acids is 1. The molecule has 20 heavy (non-hydrogen) atoms. The van der Waals surface area contributed by atoms with Crippen LogP contribution in [0.15, 0.2) is 17.6 Å². The highest BCUT2D eigenvalue weighted by atomic mass is 32.1. The van der Waals surface area contributed by atoms with E-state index >= 15 is 0 Å². The Bertz CT molecular complexity index is 596. The van der Waals surface area contributed by atoms with E-state index in [0.29, 0.717) is 11.2 Å². The van der Waals surface area contributed by atoms with Gasteiger partial charge in [0.25, 0.3) is 5.91 Å². The first-order valence-electron chi connectivity index (χ1n) is 6.01. The van der Waals surface area contributed by atoms with E-state index in [9.17, 15) is 13.6 Å². The summed E-state index contributed by atoms with van der Waals surface area (Å²) in [5.74, 6) is -0.403. The van der Waals surface area contributed by atoms with Gasteiger partial charge in [-0.3, -0.25) is 4.79 Å². The fraction of sp³-hybridized carbons (Fsp3) is 0.417. The van der Waals surface area contributed by atoms with Crippen LogP contribution in [0.4, 0.5) is 8.78 Å². The predicted molar refractivity (Wildman–Crippen MR) is 71.1 cm³/mol. The predicted octanol–water partition coefficient (Wildman–Crippen LogP) is 2.58. The van der Waals surface area contributed by atoms with Gasteiger partial charge in [0.1, 0.15) is 5.69 Å². The first-order chi connectivity index (χ1) is 9.47. The van der Waals surface area contributed by atoms with E-state index in [-0.39, 0.29) is 11.6 Å². The Balaban J connectivity index is 1.91. The average molecular weight is 300 g/mol. The minimum atomic E-state index is -2.74. The summed E-state index contributed by atoms with van der Waals surface area (Å²) in [6.45, 7) is 1.49. The van der Waals surface area contributed by atoms with Crippen molar-refractivity contribution < 1.29 is 13.6 Å². The third kappa shape index (κ3) is 3.38. The first kappa shape index (κ1) is 14.6. The molecular weight excluding hydrogens is 286 g/mol. The van der Waals surface area contributed by atoms with Gasteiger partial charge in [0, 0.05) is 29.7 Å². The summed E-state index contributed by atoms with van der Waals surface area (Å²) in [4.78, 5) is 16.1. The van der Waals surface area contributed by atoms with Crippen LogP contribution in [0.3, 0.4) is 0 Å². The molecule has 5 nitrogen and oxygen atoms in total. The number of halogens is 2. The maximum absolute atomic E-state index is 12.3. The molecule has 0 fully saturated rings. The number of aryl methyl sites for hydroxylation is 1. The van der Waals surface area contributed by atoms with Crippen molar-refractivity contribution in [2.45, 2.75) is 26.3 Å². The van der Waals surface area contributed by atoms with Gasteiger partial charge in [0.15, 0.2) is 0 Å². The molecule has 0 bridgehead atoms. The average Bonchev–Trinajstić information content (AvgIpc) is 3.04. The molecule has 2 rings (SSSR count). The van der Waals surface area contributed by atoms with E-state index in [2.05, 4.69) is 15.4 Å². The number of amides is 1. The Labute approximate surface area is 118 Å². The molecule has 0 saturated heterocycles. The van der Waals surface area contributed by atoms with Crippen molar-refractivity contribution in [3.8, 4) is 0 Å². The summed E-state index contributed by atoms with van der Waals surface area (Å²) in [5, 5.41) is 9.05. The smallest absolute Gasteiger partial charge is 0.333 e. The normalized spacial score (nSPS) is 12.7. The molecule has 0 spiro atoms. The molecule has 1 atom stereocenters. The molecule has 0 saturated carbocycles. The van der Waals surface area contributed by atoms with Crippen LogP contribution in [0, 0.1) is 6.92 Å². The van der Waals surface area contributed by atoms with Gasteiger partial charge in [-0.05, 0) is 13.0 Å². The van der Waals surface area contributed by atoms with Crippen molar-refractivity contribution in [3.05, 3.63) is 34.0 Å². The summed E-state index contributed by atoms with van der Waals surface area (Å²) in [6, 6.07) is 1.26. The molecule has 0 aliphatic heterocycles. The zero-order chi connectivity index (χ0) is 14.7. The maximum atomic E-state index is 12.3. The van der Waals surface area contributed by atoms with Crippen LogP contribution in [0.25, 0.3) is 0 Å². The van der Waals surface area contributed by atoms with Crippen molar-refractivity contribution in [2.75, 3.05) is 6.54 Å². The Kier molecular flexibility index (Phi) is 4.43. The van der Waals surface area contributed by atoms with Gasteiger partial charge in [0.05, 0.1) is 5.01 Å². The second kappa shape index (κ2) is 6.08. The lowest BCUT2D eigenvalue weighted by atomic mass is 10.2. The number of hydrogen-bond acceptors (Lipinski definition) is 4. The monoisotopic (exact) mass is 300 g/mol. The highest BCUT2D eigenvalue weighted by molar-refractivity contribution is 7.09. The van der Waals surface area contributed by atoms with Crippen LogP contribution in [-0.4, -0.2) is 27.2 Å². The van der Waals surface area contributed by atoms with Crippen molar-refractivity contribution in [3.63, 3.8) is 0 Å². The lowest BCUT2D eigenvalue weighted by Gasteiger charge is -2.09. The molecule has 2 aromatic rings. The number of alkyl halides is 2. The van der Waals surface area contributed by atoms with E-state index in [1.165, 1.54) is 17.4 Å². The van der Waals surface area contributed by atoms with Gasteiger partial charge in [-0.2, -0.15) is 13.9 Å². The SMILES string of the molecule is Cc1csc([C@H](C)CNC(=O)c2ccn(C(F)F)n2)n1. The quantitative estimate of drug-likeness (QED) is 0.923. The second-order valence-corrected chi connectivity index (χ2v) is 5.29. The van der Waals surface area contributed by atoms with Gasteiger partial charge in [-0.1, -0.05) is 6.92 Å². The van der Waals surface area contributed by atoms with Gasteiger partial charge in [-0.25, -0.2) is 9.67 Å². The van der Waals surface area contributed by atoms with Crippen LogP contribution in [0.2, 0.25) is 0 Å². The number of aromatic nitrogens is 3. The Hall–Kier alpha value is -1.83. The molecule has 1 amide bonds. The Morgan fingerprint density at radius 1 is 1.55 bits per heavy atom. The van der Waals surface area contributed by atoms with Crippen molar-refractivity contribution in [1.29, 1.82) is 0 Å². The highest BCUT2D eigenvalue weighted by Gasteiger charge is 2.15. The van der Waals surface area contributed by atoms with E-state index in [1.54, 1.807) is 0 Å². The van der Waals surface area contributed by atoms with Crippen LogP contribution in [0.1, 0.15) is 40.6 Å². The lowest BCUT2D eigenvalue weighted by Crippen LogP contribution is -2.28. The fourth-order valence-electron chi connectivity index (χ4n) is 1.59. The molecule has 108 valence electrons. The van der Waals surface area contributed by atoms with Gasteiger partial charge < -0.3 is 5.32 Å². The van der Waals surface area contributed by atoms with Crippen molar-refractivity contribution >= 4 is 17.2 Å². The standard InChI is InChI=1S/C12H14F2N4OS/c1-7(11-16-8(2)6-20-11)5-15-10(19)9-3-4-18(17-9)12(13)14/h3-4,6-7,12H,5H2,1-2H3,(H,15,19)/t7-/m1/s1. The molecule has 2 aromatic heterocycles. The summed E-state index contributed by atoms with van der Waals surface area (Å²) in [6.07, 6.45) is 1.08. The molecule has 0 radical (unpaired) electrons. The molecule has 2 heterocycles. The summed E-state index contributed by atoms with van der Waals surface area (Å²) in [7, 11) is 0. The third-order valence-electron chi connectivity index (χ3n) is 2.67. The topological polar surface area (TPSA) is 59.8 Å². The first-order valence-corrected chi connectivity index (χ1v) is 6.89. The minimum Gasteiger partial charge on any atom is -0.350 e. The van der Waals surface area contributed by atoms with E-state index < -0.39 is 12.5 Å². The molecule has 0 aromatic carbocycles.